The van der Waals surface area contributed by atoms with Crippen molar-refractivity contribution in [2.45, 2.75) is 83.8 Å². The van der Waals surface area contributed by atoms with E-state index in [9.17, 15) is 4.79 Å². The molecule has 0 radical (unpaired) electrons. The van der Waals surface area contributed by atoms with E-state index in [1.54, 1.807) is 0 Å². The lowest BCUT2D eigenvalue weighted by atomic mass is 9.59. The van der Waals surface area contributed by atoms with Crippen LogP contribution in [-0.4, -0.2) is 35.0 Å². The molecule has 2 bridgehead atoms. The minimum Gasteiger partial charge on any atom is -0.321 e. The van der Waals surface area contributed by atoms with E-state index in [-0.39, 0.29) is 18.1 Å². The van der Waals surface area contributed by atoms with E-state index in [1.165, 1.54) is 6.42 Å². The normalized spacial score (nSPS) is 47.7. The van der Waals surface area contributed by atoms with Crippen molar-refractivity contribution in [1.82, 2.24) is 4.90 Å². The summed E-state index contributed by atoms with van der Waals surface area (Å²) in [7, 11) is 0. The van der Waals surface area contributed by atoms with Crippen molar-refractivity contribution in [3.05, 3.63) is 0 Å². The van der Waals surface area contributed by atoms with Crippen LogP contribution >= 0.6 is 0 Å². The van der Waals surface area contributed by atoms with Crippen LogP contribution in [0.1, 0.15) is 66.2 Å². The SMILES string of the molecule is CC(C)CCN1C(=O)CC2CCC(C)C3CCC4(C)OOC23C1O4. The molecule has 5 nitrogen and oxygen atoms in total. The molecule has 5 aliphatic rings. The first-order chi connectivity index (χ1) is 11.4. The number of amides is 1. The van der Waals surface area contributed by atoms with Crippen LogP contribution in [0.5, 0.6) is 0 Å². The van der Waals surface area contributed by atoms with Gasteiger partial charge in [-0.15, -0.1) is 0 Å². The lowest BCUT2D eigenvalue weighted by Crippen LogP contribution is -2.73. The van der Waals surface area contributed by atoms with Crippen LogP contribution in [0.2, 0.25) is 0 Å². The van der Waals surface area contributed by atoms with Gasteiger partial charge in [-0.2, -0.15) is 0 Å². The lowest BCUT2D eigenvalue weighted by molar-refractivity contribution is -0.546. The second-order valence-corrected chi connectivity index (χ2v) is 8.99. The summed E-state index contributed by atoms with van der Waals surface area (Å²) >= 11 is 0. The molecule has 4 aliphatic heterocycles. The van der Waals surface area contributed by atoms with Gasteiger partial charge in [0.05, 0.1) is 0 Å². The van der Waals surface area contributed by atoms with Crippen LogP contribution in [0.4, 0.5) is 0 Å². The molecule has 1 aliphatic carbocycles. The Hall–Kier alpha value is -0.650. The predicted octanol–water partition coefficient (Wildman–Crippen LogP) is 3.48. The minimum atomic E-state index is -0.731. The maximum absolute atomic E-state index is 12.9. The number of hydrogen-bond donors (Lipinski definition) is 0. The van der Waals surface area contributed by atoms with Gasteiger partial charge < -0.3 is 9.64 Å². The monoisotopic (exact) mass is 337 g/mol. The Morgan fingerprint density at radius 2 is 2.04 bits per heavy atom. The Balaban J connectivity index is 1.74. The molecule has 4 heterocycles. The van der Waals surface area contributed by atoms with Gasteiger partial charge in [0.15, 0.2) is 11.8 Å². The van der Waals surface area contributed by atoms with Crippen molar-refractivity contribution < 1.29 is 19.3 Å². The zero-order valence-electron chi connectivity index (χ0n) is 15.4. The molecule has 6 atom stereocenters. The fourth-order valence-corrected chi connectivity index (χ4v) is 5.40. The molecular formula is C19H31NO4. The van der Waals surface area contributed by atoms with E-state index in [1.807, 2.05) is 11.8 Å². The zero-order valence-corrected chi connectivity index (χ0v) is 15.4. The number of ether oxygens (including phenoxy) is 1. The van der Waals surface area contributed by atoms with E-state index in [0.717, 1.165) is 32.2 Å². The lowest BCUT2D eigenvalue weighted by Gasteiger charge is -2.60. The molecule has 5 fully saturated rings. The first-order valence-corrected chi connectivity index (χ1v) is 9.70. The first kappa shape index (κ1) is 16.8. The molecule has 5 rings (SSSR count). The maximum atomic E-state index is 12.9. The molecule has 0 aromatic rings. The number of nitrogens with zero attached hydrogens (tertiary/aromatic N) is 1. The van der Waals surface area contributed by atoms with Gasteiger partial charge in [-0.05, 0) is 50.4 Å². The third-order valence-electron chi connectivity index (χ3n) is 6.87. The molecule has 1 saturated carbocycles. The van der Waals surface area contributed by atoms with Crippen molar-refractivity contribution in [1.29, 1.82) is 0 Å². The molecule has 136 valence electrons. The molecule has 6 unspecified atom stereocenters. The van der Waals surface area contributed by atoms with Gasteiger partial charge in [0.2, 0.25) is 11.7 Å². The van der Waals surface area contributed by atoms with E-state index in [2.05, 4.69) is 20.8 Å². The van der Waals surface area contributed by atoms with Gasteiger partial charge in [-0.1, -0.05) is 20.8 Å². The summed E-state index contributed by atoms with van der Waals surface area (Å²) in [4.78, 5) is 26.8. The largest absolute Gasteiger partial charge is 0.321 e. The zero-order chi connectivity index (χ0) is 17.1. The second kappa shape index (κ2) is 5.68. The summed E-state index contributed by atoms with van der Waals surface area (Å²) in [6.07, 6.45) is 5.35. The van der Waals surface area contributed by atoms with E-state index < -0.39 is 11.4 Å². The van der Waals surface area contributed by atoms with Crippen LogP contribution < -0.4 is 0 Å². The molecule has 24 heavy (non-hydrogen) atoms. The van der Waals surface area contributed by atoms with Crippen molar-refractivity contribution in [2.24, 2.45) is 23.7 Å². The standard InChI is InChI=1S/C19H31NO4/c1-12(2)8-10-20-16(21)11-14-6-5-13(3)15-7-9-18(4)22-17(20)19(14,15)24-23-18/h12-15,17H,5-11H2,1-4H3. The number of carbonyl (C=O) groups is 1. The third-order valence-corrected chi connectivity index (χ3v) is 6.87. The average Bonchev–Trinajstić information content (AvgIpc) is 2.75. The highest BCUT2D eigenvalue weighted by atomic mass is 17.3. The van der Waals surface area contributed by atoms with Gasteiger partial charge in [-0.25, -0.2) is 9.78 Å². The number of likely N-dealkylation sites (tertiary alicyclic amines) is 1. The molecule has 0 aromatic carbocycles. The Labute approximate surface area is 144 Å². The summed E-state index contributed by atoms with van der Waals surface area (Å²) < 4.78 is 6.45. The molecule has 1 amide bonds. The number of rotatable bonds is 3. The summed E-state index contributed by atoms with van der Waals surface area (Å²) in [6, 6.07) is 0. The number of hydrogen-bond acceptors (Lipinski definition) is 4. The number of fused-ring (bicyclic) bond motifs is 2. The maximum Gasteiger partial charge on any atom is 0.225 e. The highest BCUT2D eigenvalue weighted by Crippen LogP contribution is 2.59. The fraction of sp³-hybridized carbons (Fsp3) is 0.947. The number of piperidine rings is 1. The van der Waals surface area contributed by atoms with Crippen LogP contribution in [0.3, 0.4) is 0 Å². The van der Waals surface area contributed by atoms with E-state index in [4.69, 9.17) is 14.5 Å². The summed E-state index contributed by atoms with van der Waals surface area (Å²) in [5.41, 5.74) is -0.474. The highest BCUT2D eigenvalue weighted by molar-refractivity contribution is 5.78. The predicted molar refractivity (Wildman–Crippen MR) is 88.6 cm³/mol. The molecule has 1 spiro atoms. The Morgan fingerprint density at radius 3 is 2.79 bits per heavy atom. The van der Waals surface area contributed by atoms with Gasteiger partial charge in [-0.3, -0.25) is 4.79 Å². The van der Waals surface area contributed by atoms with Crippen molar-refractivity contribution in [3.63, 3.8) is 0 Å². The summed E-state index contributed by atoms with van der Waals surface area (Å²) in [5, 5.41) is 0. The highest BCUT2D eigenvalue weighted by Gasteiger charge is 2.68. The van der Waals surface area contributed by atoms with Gasteiger partial charge in [0.25, 0.3) is 0 Å². The average molecular weight is 337 g/mol. The summed E-state index contributed by atoms with van der Waals surface area (Å²) in [6.45, 7) is 9.42. The van der Waals surface area contributed by atoms with Gasteiger partial charge in [0, 0.05) is 25.3 Å². The van der Waals surface area contributed by atoms with Crippen molar-refractivity contribution >= 4 is 5.91 Å². The quantitative estimate of drug-likeness (QED) is 0.740. The topological polar surface area (TPSA) is 48.0 Å². The van der Waals surface area contributed by atoms with Gasteiger partial charge >= 0.3 is 0 Å². The van der Waals surface area contributed by atoms with Crippen molar-refractivity contribution in [3.8, 4) is 0 Å². The van der Waals surface area contributed by atoms with Gasteiger partial charge in [0.1, 0.15) is 0 Å². The molecular weight excluding hydrogens is 306 g/mol. The van der Waals surface area contributed by atoms with Crippen LogP contribution in [-0.2, 0) is 19.3 Å². The van der Waals surface area contributed by atoms with Crippen LogP contribution in [0, 0.1) is 23.7 Å². The molecule has 0 aromatic heterocycles. The third kappa shape index (κ3) is 2.35. The van der Waals surface area contributed by atoms with Crippen molar-refractivity contribution in [2.75, 3.05) is 6.54 Å². The molecule has 5 heteroatoms. The molecule has 0 N–H and O–H groups in total. The van der Waals surface area contributed by atoms with E-state index in [0.29, 0.717) is 24.2 Å². The number of carbonyl (C=O) groups excluding carboxylic acids is 1. The smallest absolute Gasteiger partial charge is 0.225 e. The van der Waals surface area contributed by atoms with Crippen LogP contribution in [0.15, 0.2) is 0 Å². The first-order valence-electron chi connectivity index (χ1n) is 9.70. The fourth-order valence-electron chi connectivity index (χ4n) is 5.40. The summed E-state index contributed by atoms with van der Waals surface area (Å²) in [5.74, 6) is 1.26. The Morgan fingerprint density at radius 1 is 1.25 bits per heavy atom. The Bertz CT molecular complexity index is 519. The minimum absolute atomic E-state index is 0.217. The van der Waals surface area contributed by atoms with E-state index >= 15 is 0 Å². The Kier molecular flexibility index (Phi) is 3.98. The molecule has 4 saturated heterocycles. The second-order valence-electron chi connectivity index (χ2n) is 8.99. The van der Waals surface area contributed by atoms with Crippen LogP contribution in [0.25, 0.3) is 0 Å².